The standard InChI is InChI=1S/C12H14ClN3O4/c1-3-14-12(19)16-10(17)7(2)20-11(18)8-5-4-6-15-9(8)13/h4-7H,3H2,1-2H3,(H2,14,16,17,19). The third-order valence-electron chi connectivity index (χ3n) is 2.21. The minimum atomic E-state index is -1.14. The maximum atomic E-state index is 11.8. The lowest BCUT2D eigenvalue weighted by molar-refractivity contribution is -0.127. The van der Waals surface area contributed by atoms with Gasteiger partial charge in [-0.2, -0.15) is 0 Å². The summed E-state index contributed by atoms with van der Waals surface area (Å²) in [6.45, 7) is 3.42. The summed E-state index contributed by atoms with van der Waals surface area (Å²) < 4.78 is 4.90. The van der Waals surface area contributed by atoms with Gasteiger partial charge in [0.2, 0.25) is 0 Å². The normalized spacial score (nSPS) is 11.3. The molecule has 0 aliphatic rings. The number of halogens is 1. The van der Waals surface area contributed by atoms with E-state index >= 15 is 0 Å². The first-order valence-electron chi connectivity index (χ1n) is 5.86. The van der Waals surface area contributed by atoms with E-state index in [9.17, 15) is 14.4 Å². The van der Waals surface area contributed by atoms with Crippen molar-refractivity contribution >= 4 is 29.5 Å². The summed E-state index contributed by atoms with van der Waals surface area (Å²) >= 11 is 5.73. The van der Waals surface area contributed by atoms with Gasteiger partial charge in [0.25, 0.3) is 5.91 Å². The number of rotatable bonds is 4. The maximum absolute atomic E-state index is 11.8. The quantitative estimate of drug-likeness (QED) is 0.641. The number of urea groups is 1. The van der Waals surface area contributed by atoms with Crippen molar-refractivity contribution in [2.75, 3.05) is 6.54 Å². The molecule has 0 saturated heterocycles. The van der Waals surface area contributed by atoms with Crippen molar-refractivity contribution in [1.82, 2.24) is 15.6 Å². The zero-order chi connectivity index (χ0) is 15.1. The fraction of sp³-hybridized carbons (Fsp3) is 0.333. The highest BCUT2D eigenvalue weighted by atomic mass is 35.5. The van der Waals surface area contributed by atoms with Crippen LogP contribution in [-0.4, -0.2) is 35.5 Å². The molecule has 7 nitrogen and oxygen atoms in total. The molecule has 0 aliphatic heterocycles. The molecule has 1 aromatic rings. The lowest BCUT2D eigenvalue weighted by Gasteiger charge is -2.13. The first-order chi connectivity index (χ1) is 9.45. The number of amides is 3. The third kappa shape index (κ3) is 4.51. The molecule has 0 spiro atoms. The lowest BCUT2D eigenvalue weighted by atomic mass is 10.3. The van der Waals surface area contributed by atoms with E-state index in [2.05, 4.69) is 10.3 Å². The average molecular weight is 300 g/mol. The lowest BCUT2D eigenvalue weighted by Crippen LogP contribution is -2.44. The second-order valence-electron chi connectivity index (χ2n) is 3.74. The fourth-order valence-electron chi connectivity index (χ4n) is 1.23. The molecule has 20 heavy (non-hydrogen) atoms. The Balaban J connectivity index is 2.60. The molecule has 0 radical (unpaired) electrons. The number of hydrogen-bond donors (Lipinski definition) is 2. The highest BCUT2D eigenvalue weighted by Gasteiger charge is 2.22. The maximum Gasteiger partial charge on any atom is 0.342 e. The van der Waals surface area contributed by atoms with Crippen LogP contribution >= 0.6 is 11.6 Å². The third-order valence-corrected chi connectivity index (χ3v) is 2.51. The van der Waals surface area contributed by atoms with E-state index in [4.69, 9.17) is 16.3 Å². The van der Waals surface area contributed by atoms with Gasteiger partial charge >= 0.3 is 12.0 Å². The second-order valence-corrected chi connectivity index (χ2v) is 4.10. The van der Waals surface area contributed by atoms with Gasteiger partial charge in [0, 0.05) is 12.7 Å². The number of pyridine rings is 1. The number of carbonyl (C=O) groups is 3. The van der Waals surface area contributed by atoms with Crippen LogP contribution in [0.5, 0.6) is 0 Å². The van der Waals surface area contributed by atoms with E-state index in [1.165, 1.54) is 25.3 Å². The molecule has 8 heteroatoms. The molecule has 1 unspecified atom stereocenters. The van der Waals surface area contributed by atoms with Crippen LogP contribution in [0, 0.1) is 0 Å². The topological polar surface area (TPSA) is 97.4 Å². The van der Waals surface area contributed by atoms with Crippen molar-refractivity contribution in [3.63, 3.8) is 0 Å². The van der Waals surface area contributed by atoms with Crippen molar-refractivity contribution in [3.8, 4) is 0 Å². The van der Waals surface area contributed by atoms with Crippen LogP contribution in [0.15, 0.2) is 18.3 Å². The average Bonchev–Trinajstić information content (AvgIpc) is 2.39. The van der Waals surface area contributed by atoms with Gasteiger partial charge in [-0.05, 0) is 26.0 Å². The van der Waals surface area contributed by atoms with Crippen LogP contribution in [0.1, 0.15) is 24.2 Å². The van der Waals surface area contributed by atoms with E-state index in [-0.39, 0.29) is 10.7 Å². The SMILES string of the molecule is CCNC(=O)NC(=O)C(C)OC(=O)c1cccnc1Cl. The Kier molecular flexibility index (Phi) is 5.92. The van der Waals surface area contributed by atoms with Crippen LogP contribution in [0.3, 0.4) is 0 Å². The van der Waals surface area contributed by atoms with Gasteiger partial charge in [-0.3, -0.25) is 10.1 Å². The fourth-order valence-corrected chi connectivity index (χ4v) is 1.43. The van der Waals surface area contributed by atoms with Gasteiger partial charge in [-0.15, -0.1) is 0 Å². The predicted octanol–water partition coefficient (Wildman–Crippen LogP) is 1.13. The van der Waals surface area contributed by atoms with Gasteiger partial charge in [0.1, 0.15) is 5.15 Å². The Hall–Kier alpha value is -2.15. The van der Waals surface area contributed by atoms with E-state index in [1.807, 2.05) is 5.32 Å². The number of nitrogens with one attached hydrogen (secondary N) is 2. The zero-order valence-electron chi connectivity index (χ0n) is 11.0. The molecule has 0 fully saturated rings. The van der Waals surface area contributed by atoms with E-state index in [0.717, 1.165) is 0 Å². The predicted molar refractivity (Wildman–Crippen MR) is 71.3 cm³/mol. The van der Waals surface area contributed by atoms with Crippen molar-refractivity contribution < 1.29 is 19.1 Å². The van der Waals surface area contributed by atoms with Crippen LogP contribution in [0.25, 0.3) is 0 Å². The highest BCUT2D eigenvalue weighted by Crippen LogP contribution is 2.13. The molecule has 108 valence electrons. The zero-order valence-corrected chi connectivity index (χ0v) is 11.7. The van der Waals surface area contributed by atoms with Crippen LogP contribution in [0.4, 0.5) is 4.79 Å². The summed E-state index contributed by atoms with van der Waals surface area (Å²) in [6, 6.07) is 2.29. The van der Waals surface area contributed by atoms with Crippen LogP contribution in [0.2, 0.25) is 5.15 Å². The Morgan fingerprint density at radius 2 is 2.15 bits per heavy atom. The van der Waals surface area contributed by atoms with E-state index in [0.29, 0.717) is 6.54 Å². The number of esters is 1. The van der Waals surface area contributed by atoms with E-state index < -0.39 is 24.0 Å². The molecule has 3 amide bonds. The summed E-state index contributed by atoms with van der Waals surface area (Å²) in [5.74, 6) is -1.52. The number of imide groups is 1. The van der Waals surface area contributed by atoms with E-state index in [1.54, 1.807) is 6.92 Å². The molecule has 1 atom stereocenters. The smallest absolute Gasteiger partial charge is 0.342 e. The summed E-state index contributed by atoms with van der Waals surface area (Å²) in [6.07, 6.45) is 0.283. The Labute approximate surface area is 120 Å². The molecule has 1 rings (SSSR count). The van der Waals surface area contributed by atoms with Gasteiger partial charge in [-0.25, -0.2) is 14.6 Å². The van der Waals surface area contributed by atoms with Gasteiger partial charge in [-0.1, -0.05) is 11.6 Å². The number of aromatic nitrogens is 1. The molecule has 1 aromatic heterocycles. The minimum absolute atomic E-state index is 0.0196. The van der Waals surface area contributed by atoms with Crippen molar-refractivity contribution in [1.29, 1.82) is 0 Å². The molecule has 2 N–H and O–H groups in total. The van der Waals surface area contributed by atoms with Crippen LogP contribution in [-0.2, 0) is 9.53 Å². The minimum Gasteiger partial charge on any atom is -0.449 e. The molecule has 0 saturated carbocycles. The molecular weight excluding hydrogens is 286 g/mol. The summed E-state index contributed by atoms with van der Waals surface area (Å²) in [7, 11) is 0. The molecule has 0 aromatic carbocycles. The summed E-state index contributed by atoms with van der Waals surface area (Å²) in [4.78, 5) is 38.2. The van der Waals surface area contributed by atoms with Gasteiger partial charge < -0.3 is 10.1 Å². The van der Waals surface area contributed by atoms with Gasteiger partial charge in [0.15, 0.2) is 6.10 Å². The number of nitrogens with zero attached hydrogens (tertiary/aromatic N) is 1. The van der Waals surface area contributed by atoms with Crippen molar-refractivity contribution in [2.24, 2.45) is 0 Å². The Morgan fingerprint density at radius 3 is 2.75 bits per heavy atom. The van der Waals surface area contributed by atoms with Crippen LogP contribution < -0.4 is 10.6 Å². The molecule has 1 heterocycles. The molecule has 0 aliphatic carbocycles. The summed E-state index contributed by atoms with van der Waals surface area (Å²) in [5.41, 5.74) is 0.0480. The molecule has 0 bridgehead atoms. The highest BCUT2D eigenvalue weighted by molar-refractivity contribution is 6.32. The molecular formula is C12H14ClN3O4. The number of carbonyl (C=O) groups excluding carboxylic acids is 3. The second kappa shape index (κ2) is 7.44. The van der Waals surface area contributed by atoms with Gasteiger partial charge in [0.05, 0.1) is 5.56 Å². The number of hydrogen-bond acceptors (Lipinski definition) is 5. The Bertz CT molecular complexity index is 521. The van der Waals surface area contributed by atoms with Crippen molar-refractivity contribution in [3.05, 3.63) is 29.0 Å². The Morgan fingerprint density at radius 1 is 1.45 bits per heavy atom. The number of ether oxygens (including phenoxy) is 1. The first-order valence-corrected chi connectivity index (χ1v) is 6.23. The largest absolute Gasteiger partial charge is 0.449 e. The summed E-state index contributed by atoms with van der Waals surface area (Å²) in [5, 5.41) is 4.40. The monoisotopic (exact) mass is 299 g/mol. The first kappa shape index (κ1) is 15.9. The van der Waals surface area contributed by atoms with Crippen molar-refractivity contribution in [2.45, 2.75) is 20.0 Å².